The number of aliphatic hydroxyl groups is 1. The second-order valence-corrected chi connectivity index (χ2v) is 8.59. The molecular weight excluding hydrogens is 344 g/mol. The molecule has 0 aliphatic heterocycles. The molecule has 4 aliphatic carbocycles. The lowest BCUT2D eigenvalue weighted by atomic mass is 9.48. The minimum atomic E-state index is -0.612. The number of carbonyl (C=O) groups is 1. The van der Waals surface area contributed by atoms with Gasteiger partial charge in [0.25, 0.3) is 0 Å². The molecule has 4 saturated carbocycles. The van der Waals surface area contributed by atoms with Gasteiger partial charge in [-0.2, -0.15) is 0 Å². The first-order chi connectivity index (χ1) is 10.5. The first kappa shape index (κ1) is 14.7. The Bertz CT molecular complexity index is 598. The van der Waals surface area contributed by atoms with Crippen molar-refractivity contribution >= 4 is 21.9 Å². The molecule has 4 bridgehead atoms. The summed E-state index contributed by atoms with van der Waals surface area (Å²) in [7, 11) is 0. The summed E-state index contributed by atoms with van der Waals surface area (Å²) in [5.74, 6) is 0.911. The van der Waals surface area contributed by atoms with Crippen LogP contribution < -0.4 is 0 Å². The maximum Gasteiger partial charge on any atom is 0.312 e. The van der Waals surface area contributed by atoms with E-state index in [9.17, 15) is 9.90 Å². The van der Waals surface area contributed by atoms with Gasteiger partial charge < -0.3 is 9.84 Å². The van der Waals surface area contributed by atoms with Crippen LogP contribution in [0.25, 0.3) is 0 Å². The van der Waals surface area contributed by atoms with Crippen molar-refractivity contribution in [2.45, 2.75) is 50.7 Å². The average molecular weight is 365 g/mol. The van der Waals surface area contributed by atoms with Gasteiger partial charge in [-0.25, -0.2) is 0 Å². The SMILES string of the molecule is O=C(OCc1cccc(Br)c1)C12C[C@@H]3C[C@@H](CC(O)(C3)C1)C2. The van der Waals surface area contributed by atoms with E-state index in [-0.39, 0.29) is 5.97 Å². The quantitative estimate of drug-likeness (QED) is 0.829. The smallest absolute Gasteiger partial charge is 0.312 e. The highest BCUT2D eigenvalue weighted by Gasteiger charge is 2.60. The zero-order chi connectivity index (χ0) is 15.4. The van der Waals surface area contributed by atoms with E-state index in [0.717, 1.165) is 35.7 Å². The summed E-state index contributed by atoms with van der Waals surface area (Å²) in [4.78, 5) is 12.8. The van der Waals surface area contributed by atoms with Gasteiger partial charge in [0.1, 0.15) is 6.61 Å². The molecule has 2 unspecified atom stereocenters. The van der Waals surface area contributed by atoms with Crippen LogP contribution in [0, 0.1) is 17.3 Å². The number of hydrogen-bond donors (Lipinski definition) is 1. The summed E-state index contributed by atoms with van der Waals surface area (Å²) in [6.07, 6.45) is 5.36. The van der Waals surface area contributed by atoms with E-state index in [2.05, 4.69) is 15.9 Å². The number of esters is 1. The normalized spacial score (nSPS) is 39.0. The second-order valence-electron chi connectivity index (χ2n) is 7.67. The van der Waals surface area contributed by atoms with Crippen molar-refractivity contribution < 1.29 is 14.6 Å². The topological polar surface area (TPSA) is 46.5 Å². The van der Waals surface area contributed by atoms with Gasteiger partial charge in [0.2, 0.25) is 0 Å². The zero-order valence-corrected chi connectivity index (χ0v) is 14.1. The van der Waals surface area contributed by atoms with Crippen molar-refractivity contribution in [2.75, 3.05) is 0 Å². The molecular formula is C18H21BrO3. The van der Waals surface area contributed by atoms with Gasteiger partial charge in [-0.1, -0.05) is 28.1 Å². The van der Waals surface area contributed by atoms with Crippen molar-refractivity contribution in [3.8, 4) is 0 Å². The van der Waals surface area contributed by atoms with Crippen molar-refractivity contribution in [1.29, 1.82) is 0 Å². The molecule has 22 heavy (non-hydrogen) atoms. The molecule has 118 valence electrons. The molecule has 0 aromatic heterocycles. The Kier molecular flexibility index (Phi) is 3.39. The highest BCUT2D eigenvalue weighted by atomic mass is 79.9. The van der Waals surface area contributed by atoms with E-state index in [1.54, 1.807) is 0 Å². The second kappa shape index (κ2) is 5.07. The van der Waals surface area contributed by atoms with Gasteiger partial charge in [0.05, 0.1) is 11.0 Å². The molecule has 0 amide bonds. The summed E-state index contributed by atoms with van der Waals surface area (Å²) in [6, 6.07) is 7.84. The van der Waals surface area contributed by atoms with Gasteiger partial charge in [-0.15, -0.1) is 0 Å². The molecule has 3 nitrogen and oxygen atoms in total. The Labute approximate surface area is 139 Å². The molecule has 1 N–H and O–H groups in total. The molecule has 1 aromatic rings. The highest BCUT2D eigenvalue weighted by Crippen LogP contribution is 2.62. The van der Waals surface area contributed by atoms with E-state index in [1.165, 1.54) is 6.42 Å². The van der Waals surface area contributed by atoms with Gasteiger partial charge in [0.15, 0.2) is 0 Å². The van der Waals surface area contributed by atoms with Crippen molar-refractivity contribution in [2.24, 2.45) is 17.3 Å². The predicted molar refractivity (Wildman–Crippen MR) is 86.0 cm³/mol. The summed E-state index contributed by atoms with van der Waals surface area (Å²) >= 11 is 3.43. The third-order valence-corrected chi connectivity index (χ3v) is 6.22. The zero-order valence-electron chi connectivity index (χ0n) is 12.6. The molecule has 4 atom stereocenters. The number of halogens is 1. The minimum Gasteiger partial charge on any atom is -0.460 e. The molecule has 0 saturated heterocycles. The number of carbonyl (C=O) groups excluding carboxylic acids is 1. The first-order valence-electron chi connectivity index (χ1n) is 8.11. The molecule has 4 heteroatoms. The predicted octanol–water partition coefficient (Wildman–Crippen LogP) is 3.82. The van der Waals surface area contributed by atoms with Crippen molar-refractivity contribution in [3.05, 3.63) is 34.3 Å². The van der Waals surface area contributed by atoms with Crippen LogP contribution in [0.3, 0.4) is 0 Å². The van der Waals surface area contributed by atoms with E-state index >= 15 is 0 Å². The van der Waals surface area contributed by atoms with Crippen LogP contribution in [-0.4, -0.2) is 16.7 Å². The van der Waals surface area contributed by atoms with Gasteiger partial charge in [-0.05, 0) is 68.1 Å². The number of rotatable bonds is 3. The molecule has 4 fully saturated rings. The highest BCUT2D eigenvalue weighted by molar-refractivity contribution is 9.10. The Morgan fingerprint density at radius 2 is 2.00 bits per heavy atom. The van der Waals surface area contributed by atoms with Crippen LogP contribution in [0.2, 0.25) is 0 Å². The standard InChI is InChI=1S/C18H21BrO3/c19-15-3-1-2-12(5-15)10-22-16(20)17-6-13-4-14(7-17)9-18(21,8-13)11-17/h1-3,5,13-14,21H,4,6-11H2/t13-,14+,17?,18?. The van der Waals surface area contributed by atoms with E-state index in [1.807, 2.05) is 24.3 Å². The monoisotopic (exact) mass is 364 g/mol. The van der Waals surface area contributed by atoms with Gasteiger partial charge >= 0.3 is 5.97 Å². The third-order valence-electron chi connectivity index (χ3n) is 5.72. The summed E-state index contributed by atoms with van der Waals surface area (Å²) in [6.45, 7) is 0.313. The largest absolute Gasteiger partial charge is 0.460 e. The molecule has 4 aliphatic rings. The van der Waals surface area contributed by atoms with E-state index in [0.29, 0.717) is 24.9 Å². The first-order valence-corrected chi connectivity index (χ1v) is 8.90. The Morgan fingerprint density at radius 1 is 1.27 bits per heavy atom. The maximum absolute atomic E-state index is 12.8. The van der Waals surface area contributed by atoms with E-state index in [4.69, 9.17) is 4.74 Å². The minimum absolute atomic E-state index is 0.0972. The van der Waals surface area contributed by atoms with Crippen LogP contribution in [0.15, 0.2) is 28.7 Å². The van der Waals surface area contributed by atoms with Crippen LogP contribution in [0.4, 0.5) is 0 Å². The third kappa shape index (κ3) is 2.50. The number of hydrogen-bond acceptors (Lipinski definition) is 3. The fourth-order valence-corrected chi connectivity index (χ4v) is 5.83. The van der Waals surface area contributed by atoms with Crippen molar-refractivity contribution in [3.63, 3.8) is 0 Å². The summed E-state index contributed by atoms with van der Waals surface area (Å²) in [5.41, 5.74) is -0.0462. The van der Waals surface area contributed by atoms with Gasteiger partial charge in [0, 0.05) is 4.47 Å². The Hall–Kier alpha value is -0.870. The fraction of sp³-hybridized carbons (Fsp3) is 0.611. The van der Waals surface area contributed by atoms with Gasteiger partial charge in [-0.3, -0.25) is 4.79 Å². The molecule has 0 radical (unpaired) electrons. The molecule has 0 heterocycles. The van der Waals surface area contributed by atoms with Crippen LogP contribution >= 0.6 is 15.9 Å². The number of ether oxygens (including phenoxy) is 1. The Morgan fingerprint density at radius 3 is 2.64 bits per heavy atom. The van der Waals surface area contributed by atoms with Crippen LogP contribution in [0.5, 0.6) is 0 Å². The number of benzene rings is 1. The lowest BCUT2D eigenvalue weighted by molar-refractivity contribution is -0.197. The maximum atomic E-state index is 12.8. The molecule has 0 spiro atoms. The lowest BCUT2D eigenvalue weighted by Crippen LogP contribution is -2.58. The lowest BCUT2D eigenvalue weighted by Gasteiger charge is -2.58. The van der Waals surface area contributed by atoms with Crippen LogP contribution in [0.1, 0.15) is 44.1 Å². The van der Waals surface area contributed by atoms with E-state index < -0.39 is 11.0 Å². The molecule has 1 aromatic carbocycles. The summed E-state index contributed by atoms with van der Waals surface area (Å²) < 4.78 is 6.63. The van der Waals surface area contributed by atoms with Crippen molar-refractivity contribution in [1.82, 2.24) is 0 Å². The fourth-order valence-electron chi connectivity index (χ4n) is 5.38. The summed E-state index contributed by atoms with van der Waals surface area (Å²) in [5, 5.41) is 10.7. The van der Waals surface area contributed by atoms with Crippen LogP contribution in [-0.2, 0) is 16.1 Å². The molecule has 5 rings (SSSR count). The average Bonchev–Trinajstić information content (AvgIpc) is 2.42. The Balaban J connectivity index is 1.48.